The van der Waals surface area contributed by atoms with E-state index in [1.54, 1.807) is 25.1 Å². The predicted octanol–water partition coefficient (Wildman–Crippen LogP) is 4.64. The molecule has 0 unspecified atom stereocenters. The molecule has 0 radical (unpaired) electrons. The average molecular weight is 567 g/mol. The van der Waals surface area contributed by atoms with Crippen LogP contribution in [0.15, 0.2) is 72.8 Å². The van der Waals surface area contributed by atoms with Crippen molar-refractivity contribution >= 4 is 24.0 Å². The summed E-state index contributed by atoms with van der Waals surface area (Å²) in [4.78, 5) is 47.9. The molecule has 3 rings (SSSR count). The van der Waals surface area contributed by atoms with Gasteiger partial charge in [0, 0.05) is 12.6 Å². The number of hydrogen-bond donors (Lipinski definition) is 2. The number of carbonyl (C=O) groups is 3. The summed E-state index contributed by atoms with van der Waals surface area (Å²) in [6.07, 6.45) is -0.125. The Bertz CT molecular complexity index is 1280. The number of nitrogens with one attached hydrogen (secondary N) is 2. The second-order valence-electron chi connectivity index (χ2n) is 9.15. The third-order valence-corrected chi connectivity index (χ3v) is 6.11. The van der Waals surface area contributed by atoms with E-state index in [9.17, 15) is 24.5 Å². The SMILES string of the molecule is Cc1ccc([N+](=O)[O-])n1CCOC(=O)[C@H](CCCCNC(=O)OCc1ccccc1)NC(=O)OCc1ccccc1. The monoisotopic (exact) mass is 566 g/mol. The number of benzene rings is 2. The van der Waals surface area contributed by atoms with Gasteiger partial charge >= 0.3 is 24.0 Å². The van der Waals surface area contributed by atoms with Crippen LogP contribution < -0.4 is 10.6 Å². The van der Waals surface area contributed by atoms with Gasteiger partial charge in [0.05, 0.1) is 0 Å². The molecule has 12 nitrogen and oxygen atoms in total. The number of ether oxygens (including phenoxy) is 3. The first-order chi connectivity index (χ1) is 19.8. The zero-order chi connectivity index (χ0) is 29.5. The molecule has 0 aliphatic heterocycles. The Morgan fingerprint density at radius 1 is 0.854 bits per heavy atom. The van der Waals surface area contributed by atoms with E-state index in [1.165, 1.54) is 10.6 Å². The van der Waals surface area contributed by atoms with Crippen LogP contribution in [0.4, 0.5) is 15.4 Å². The number of aryl methyl sites for hydroxylation is 1. The molecule has 1 heterocycles. The summed E-state index contributed by atoms with van der Waals surface area (Å²) in [5.74, 6) is -0.795. The molecule has 2 aromatic carbocycles. The third-order valence-electron chi connectivity index (χ3n) is 6.11. The van der Waals surface area contributed by atoms with Crippen LogP contribution in [-0.4, -0.2) is 46.8 Å². The van der Waals surface area contributed by atoms with E-state index in [4.69, 9.17) is 14.2 Å². The van der Waals surface area contributed by atoms with E-state index >= 15 is 0 Å². The highest BCUT2D eigenvalue weighted by Gasteiger charge is 2.24. The molecule has 218 valence electrons. The van der Waals surface area contributed by atoms with Gasteiger partial charge in [-0.15, -0.1) is 0 Å². The Morgan fingerprint density at radius 3 is 2.07 bits per heavy atom. The lowest BCUT2D eigenvalue weighted by Crippen LogP contribution is -2.42. The lowest BCUT2D eigenvalue weighted by atomic mass is 10.1. The molecule has 2 N–H and O–H groups in total. The van der Waals surface area contributed by atoms with Crippen molar-refractivity contribution in [1.82, 2.24) is 15.2 Å². The number of unbranched alkanes of at least 4 members (excludes halogenated alkanes) is 1. The van der Waals surface area contributed by atoms with Gasteiger partial charge in [0.2, 0.25) is 0 Å². The molecule has 0 fully saturated rings. The summed E-state index contributed by atoms with van der Waals surface area (Å²) in [5, 5.41) is 16.4. The van der Waals surface area contributed by atoms with Crippen molar-refractivity contribution in [2.75, 3.05) is 13.2 Å². The third kappa shape index (κ3) is 10.7. The summed E-state index contributed by atoms with van der Waals surface area (Å²) in [5.41, 5.74) is 2.31. The summed E-state index contributed by atoms with van der Waals surface area (Å²) < 4.78 is 17.2. The van der Waals surface area contributed by atoms with Gasteiger partial charge in [-0.2, -0.15) is 0 Å². The van der Waals surface area contributed by atoms with E-state index < -0.39 is 29.1 Å². The van der Waals surface area contributed by atoms with Gasteiger partial charge in [-0.3, -0.25) is 0 Å². The van der Waals surface area contributed by atoms with Crippen molar-refractivity contribution in [1.29, 1.82) is 0 Å². The lowest BCUT2D eigenvalue weighted by Gasteiger charge is -2.18. The lowest BCUT2D eigenvalue weighted by molar-refractivity contribution is -0.392. The molecular formula is C29H34N4O8. The highest BCUT2D eigenvalue weighted by atomic mass is 16.6. The van der Waals surface area contributed by atoms with E-state index in [0.29, 0.717) is 25.1 Å². The normalized spacial score (nSPS) is 11.2. The number of rotatable bonds is 15. The van der Waals surface area contributed by atoms with Crippen LogP contribution in [0.3, 0.4) is 0 Å². The van der Waals surface area contributed by atoms with Gasteiger partial charge in [0.25, 0.3) is 0 Å². The van der Waals surface area contributed by atoms with Crippen LogP contribution >= 0.6 is 0 Å². The summed E-state index contributed by atoms with van der Waals surface area (Å²) in [6.45, 7) is 2.17. The minimum Gasteiger partial charge on any atom is -0.460 e. The van der Waals surface area contributed by atoms with Crippen molar-refractivity contribution in [2.24, 2.45) is 0 Å². The molecule has 3 aromatic rings. The van der Waals surface area contributed by atoms with Crippen molar-refractivity contribution in [3.8, 4) is 0 Å². The molecule has 0 aliphatic carbocycles. The number of alkyl carbamates (subject to hydrolysis) is 2. The largest absolute Gasteiger partial charge is 0.460 e. The molecule has 41 heavy (non-hydrogen) atoms. The molecule has 2 amide bonds. The minimum atomic E-state index is -1.01. The molecule has 0 aliphatic rings. The van der Waals surface area contributed by atoms with Crippen molar-refractivity contribution in [2.45, 2.75) is 52.0 Å². The molecule has 0 saturated heterocycles. The molecule has 1 aromatic heterocycles. The van der Waals surface area contributed by atoms with E-state index in [0.717, 1.165) is 11.1 Å². The molecule has 0 spiro atoms. The number of nitrogens with zero attached hydrogens (tertiary/aromatic N) is 2. The number of hydrogen-bond acceptors (Lipinski definition) is 8. The Balaban J connectivity index is 1.46. The average Bonchev–Trinajstić information content (AvgIpc) is 3.35. The first-order valence-electron chi connectivity index (χ1n) is 13.2. The smallest absolute Gasteiger partial charge is 0.408 e. The van der Waals surface area contributed by atoms with Gasteiger partial charge in [0.1, 0.15) is 38.1 Å². The standard InChI is InChI=1S/C29H34N4O8/c1-22-15-16-26(33(37)38)32(22)18-19-39-27(34)25(31-29(36)41-21-24-12-6-3-7-13-24)14-8-9-17-30-28(35)40-20-23-10-4-2-5-11-23/h2-7,10-13,15-16,25H,8-9,14,17-21H2,1H3,(H,30,35)(H,31,36)/t25-/m0/s1. The first kappa shape index (κ1) is 30.7. The number of nitro groups is 1. The second kappa shape index (κ2) is 16.3. The highest BCUT2D eigenvalue weighted by Crippen LogP contribution is 2.16. The number of amides is 2. The Morgan fingerprint density at radius 2 is 1.46 bits per heavy atom. The van der Waals surface area contributed by atoms with Gasteiger partial charge in [-0.1, -0.05) is 60.7 Å². The second-order valence-corrected chi connectivity index (χ2v) is 9.15. The van der Waals surface area contributed by atoms with Gasteiger partial charge < -0.3 is 35.0 Å². The fraction of sp³-hybridized carbons (Fsp3) is 0.345. The maximum Gasteiger partial charge on any atom is 0.408 e. The minimum absolute atomic E-state index is 0.0278. The Labute approximate surface area is 237 Å². The zero-order valence-corrected chi connectivity index (χ0v) is 22.8. The van der Waals surface area contributed by atoms with Gasteiger partial charge in [-0.25, -0.2) is 19.0 Å². The Kier molecular flexibility index (Phi) is 12.2. The maximum atomic E-state index is 12.9. The number of aromatic nitrogens is 1. The van der Waals surface area contributed by atoms with E-state index in [-0.39, 0.29) is 38.6 Å². The summed E-state index contributed by atoms with van der Waals surface area (Å²) in [7, 11) is 0. The number of carbonyl (C=O) groups excluding carboxylic acids is 3. The fourth-order valence-corrected chi connectivity index (χ4v) is 3.94. The maximum absolute atomic E-state index is 12.9. The molecule has 0 bridgehead atoms. The van der Waals surface area contributed by atoms with Crippen molar-refractivity contribution in [3.63, 3.8) is 0 Å². The summed E-state index contributed by atoms with van der Waals surface area (Å²) in [6, 6.07) is 20.4. The van der Waals surface area contributed by atoms with Crippen LogP contribution in [0.25, 0.3) is 0 Å². The highest BCUT2D eigenvalue weighted by molar-refractivity contribution is 5.81. The van der Waals surface area contributed by atoms with Gasteiger partial charge in [-0.05, 0) is 48.3 Å². The molecule has 12 heteroatoms. The first-order valence-corrected chi connectivity index (χ1v) is 13.2. The fourth-order valence-electron chi connectivity index (χ4n) is 3.94. The predicted molar refractivity (Wildman–Crippen MR) is 149 cm³/mol. The zero-order valence-electron chi connectivity index (χ0n) is 22.8. The van der Waals surface area contributed by atoms with Crippen LogP contribution in [0.1, 0.15) is 36.1 Å². The van der Waals surface area contributed by atoms with Crippen molar-refractivity contribution in [3.05, 3.63) is 99.7 Å². The van der Waals surface area contributed by atoms with Crippen LogP contribution in [0.2, 0.25) is 0 Å². The molecule has 0 saturated carbocycles. The van der Waals surface area contributed by atoms with Gasteiger partial charge in [0.15, 0.2) is 0 Å². The Hall–Kier alpha value is -4.87. The van der Waals surface area contributed by atoms with E-state index in [1.807, 2.05) is 48.5 Å². The van der Waals surface area contributed by atoms with Crippen LogP contribution in [-0.2, 0) is 38.8 Å². The molecule has 1 atom stereocenters. The summed E-state index contributed by atoms with van der Waals surface area (Å²) >= 11 is 0. The number of esters is 1. The van der Waals surface area contributed by atoms with Crippen LogP contribution in [0.5, 0.6) is 0 Å². The topological polar surface area (TPSA) is 151 Å². The molecular weight excluding hydrogens is 532 g/mol. The quantitative estimate of drug-likeness (QED) is 0.0888. The van der Waals surface area contributed by atoms with Crippen LogP contribution in [0, 0.1) is 17.0 Å². The van der Waals surface area contributed by atoms with Crippen molar-refractivity contribution < 1.29 is 33.5 Å². The van der Waals surface area contributed by atoms with E-state index in [2.05, 4.69) is 10.6 Å².